The lowest BCUT2D eigenvalue weighted by atomic mass is 9.97. The second-order valence-corrected chi connectivity index (χ2v) is 7.79. The molecule has 1 atom stereocenters. The largest absolute Gasteiger partial charge is 0.318 e. The van der Waals surface area contributed by atoms with Crippen molar-refractivity contribution < 1.29 is 0 Å². The van der Waals surface area contributed by atoms with Crippen LogP contribution in [0.5, 0.6) is 0 Å². The van der Waals surface area contributed by atoms with Crippen LogP contribution in [0, 0.1) is 5.92 Å². The summed E-state index contributed by atoms with van der Waals surface area (Å²) in [6.07, 6.45) is 22.5. The molecule has 0 saturated heterocycles. The highest BCUT2D eigenvalue weighted by Gasteiger charge is 2.07. The molecule has 0 radical (unpaired) electrons. The van der Waals surface area contributed by atoms with Crippen molar-refractivity contribution in [3.05, 3.63) is 121 Å². The van der Waals surface area contributed by atoms with Gasteiger partial charge >= 0.3 is 0 Å². The summed E-state index contributed by atoms with van der Waals surface area (Å²) in [6, 6.07) is 8.21. The van der Waals surface area contributed by atoms with E-state index in [1.165, 1.54) is 5.57 Å². The summed E-state index contributed by atoms with van der Waals surface area (Å²) in [5, 5.41) is 3.34. The smallest absolute Gasteiger partial charge is 0.0519 e. The Labute approximate surface area is 200 Å². The Hall–Kier alpha value is -3.27. The fourth-order valence-corrected chi connectivity index (χ4v) is 3.11. The van der Waals surface area contributed by atoms with Crippen LogP contribution in [0.25, 0.3) is 11.6 Å². The predicted molar refractivity (Wildman–Crippen MR) is 149 cm³/mol. The Kier molecular flexibility index (Phi) is 13.8. The minimum atomic E-state index is -0.0299. The molecule has 1 unspecified atom stereocenters. The molecule has 0 spiro atoms. The van der Waals surface area contributed by atoms with Crippen LogP contribution in [0.4, 0.5) is 0 Å². The summed E-state index contributed by atoms with van der Waals surface area (Å²) < 4.78 is 0. The molecule has 0 aliphatic carbocycles. The van der Waals surface area contributed by atoms with Crippen molar-refractivity contribution >= 4 is 17.9 Å². The fourth-order valence-electron chi connectivity index (χ4n) is 3.11. The van der Waals surface area contributed by atoms with Crippen LogP contribution in [-0.4, -0.2) is 18.9 Å². The Morgan fingerprint density at radius 1 is 1.12 bits per heavy atom. The molecule has 3 heteroatoms. The van der Waals surface area contributed by atoms with Gasteiger partial charge in [-0.15, -0.1) is 0 Å². The highest BCUT2D eigenvalue weighted by Crippen LogP contribution is 2.17. The molecule has 0 aromatic heterocycles. The number of allylic oxidation sites excluding steroid dienone is 8. The topological polar surface area (TPSA) is 50.4 Å². The molecule has 174 valence electrons. The van der Waals surface area contributed by atoms with Gasteiger partial charge in [0.1, 0.15) is 0 Å². The maximum atomic E-state index is 5.82. The number of rotatable bonds is 14. The molecule has 0 bridgehead atoms. The van der Waals surface area contributed by atoms with E-state index in [1.54, 1.807) is 18.5 Å². The minimum Gasteiger partial charge on any atom is -0.318 e. The van der Waals surface area contributed by atoms with Crippen molar-refractivity contribution in [3.63, 3.8) is 0 Å². The quantitative estimate of drug-likeness (QED) is 0.185. The molecule has 3 N–H and O–H groups in total. The normalized spacial score (nSPS) is 14.2. The maximum absolute atomic E-state index is 5.82. The van der Waals surface area contributed by atoms with Gasteiger partial charge in [0.15, 0.2) is 0 Å². The zero-order valence-electron chi connectivity index (χ0n) is 20.4. The highest BCUT2D eigenvalue weighted by molar-refractivity contribution is 6.08. The van der Waals surface area contributed by atoms with E-state index in [9.17, 15) is 0 Å². The first-order chi connectivity index (χ1) is 16.0. The Morgan fingerprint density at radius 2 is 1.82 bits per heavy atom. The third kappa shape index (κ3) is 10.7. The lowest BCUT2D eigenvalue weighted by Gasteiger charge is -2.16. The molecule has 0 aliphatic heterocycles. The van der Waals surface area contributed by atoms with Gasteiger partial charge in [-0.2, -0.15) is 0 Å². The van der Waals surface area contributed by atoms with E-state index in [-0.39, 0.29) is 6.04 Å². The second-order valence-electron chi connectivity index (χ2n) is 7.79. The van der Waals surface area contributed by atoms with Gasteiger partial charge in [-0.05, 0) is 41.5 Å². The van der Waals surface area contributed by atoms with Crippen LogP contribution < -0.4 is 11.1 Å². The van der Waals surface area contributed by atoms with E-state index in [0.717, 1.165) is 28.7 Å². The third-order valence-corrected chi connectivity index (χ3v) is 4.97. The molecule has 1 aromatic carbocycles. The van der Waals surface area contributed by atoms with E-state index in [2.05, 4.69) is 98.5 Å². The van der Waals surface area contributed by atoms with Gasteiger partial charge in [0.05, 0.1) is 6.04 Å². The van der Waals surface area contributed by atoms with Crippen molar-refractivity contribution in [3.8, 4) is 0 Å². The summed E-state index contributed by atoms with van der Waals surface area (Å²) >= 11 is 0. The molecular formula is C30H39N3. The van der Waals surface area contributed by atoms with Gasteiger partial charge in [-0.25, -0.2) is 0 Å². The number of hydrogen-bond acceptors (Lipinski definition) is 3. The first-order valence-corrected chi connectivity index (χ1v) is 11.3. The van der Waals surface area contributed by atoms with Crippen molar-refractivity contribution in [1.29, 1.82) is 0 Å². The highest BCUT2D eigenvalue weighted by atomic mass is 15.0. The number of aliphatic imine (C=N–C) groups is 1. The van der Waals surface area contributed by atoms with Gasteiger partial charge in [0.2, 0.25) is 0 Å². The van der Waals surface area contributed by atoms with E-state index in [1.807, 2.05) is 25.2 Å². The third-order valence-electron chi connectivity index (χ3n) is 4.97. The molecule has 1 aromatic rings. The lowest BCUT2D eigenvalue weighted by Crippen LogP contribution is -2.33. The maximum Gasteiger partial charge on any atom is 0.0519 e. The minimum absolute atomic E-state index is 0.0299. The number of benzene rings is 1. The van der Waals surface area contributed by atoms with Crippen molar-refractivity contribution in [2.45, 2.75) is 33.2 Å². The van der Waals surface area contributed by atoms with Crippen LogP contribution in [-0.2, 0) is 0 Å². The Balaban J connectivity index is 3.00. The van der Waals surface area contributed by atoms with Crippen molar-refractivity contribution in [2.75, 3.05) is 6.67 Å². The first kappa shape index (κ1) is 27.8. The average molecular weight is 442 g/mol. The van der Waals surface area contributed by atoms with Gasteiger partial charge in [-0.1, -0.05) is 118 Å². The molecular weight excluding hydrogens is 402 g/mol. The van der Waals surface area contributed by atoms with Gasteiger partial charge in [-0.3, -0.25) is 10.3 Å². The van der Waals surface area contributed by atoms with E-state index < -0.39 is 0 Å². The SMILES string of the molecule is C=C/C=C(/C/C=C\C(=C/C=C)C(/C=C/c1ccc(C(=C)/C=N\C=C/C)cc1)NCN)C(C)C. The van der Waals surface area contributed by atoms with E-state index in [4.69, 9.17) is 5.73 Å². The van der Waals surface area contributed by atoms with Crippen LogP contribution in [0.1, 0.15) is 38.3 Å². The lowest BCUT2D eigenvalue weighted by molar-refractivity contribution is 0.676. The summed E-state index contributed by atoms with van der Waals surface area (Å²) in [6.45, 7) is 18.5. The molecule has 33 heavy (non-hydrogen) atoms. The monoisotopic (exact) mass is 441 g/mol. The number of nitrogens with one attached hydrogen (secondary N) is 1. The molecule has 0 heterocycles. The van der Waals surface area contributed by atoms with Gasteiger partial charge in [0, 0.05) is 19.1 Å². The Bertz CT molecular complexity index is 935. The molecule has 3 nitrogen and oxygen atoms in total. The average Bonchev–Trinajstić information content (AvgIpc) is 2.81. The number of nitrogens with two attached hydrogens (primary N) is 1. The summed E-state index contributed by atoms with van der Waals surface area (Å²) in [4.78, 5) is 4.19. The predicted octanol–water partition coefficient (Wildman–Crippen LogP) is 7.02. The second kappa shape index (κ2) is 16.4. The molecule has 0 amide bonds. The van der Waals surface area contributed by atoms with Crippen molar-refractivity contribution in [1.82, 2.24) is 5.32 Å². The molecule has 0 saturated carbocycles. The summed E-state index contributed by atoms with van der Waals surface area (Å²) in [5.74, 6) is 0.478. The standard InChI is InChI=1S/C30H39N3/c1-7-11-27(24(4)5)13-10-14-29(12-8-2)30(33-23-31)20-17-26-15-18-28(19-16-26)25(6)22-32-21-9-3/h7-12,14-22,24,30,33H,1-2,6,13,23,31H2,3-5H3/b14-10-,20-17+,21-9-,27-11-,29-12+,32-22-. The summed E-state index contributed by atoms with van der Waals surface area (Å²) in [7, 11) is 0. The first-order valence-electron chi connectivity index (χ1n) is 11.3. The fraction of sp³-hybridized carbons (Fsp3) is 0.233. The molecule has 0 aliphatic rings. The zero-order valence-corrected chi connectivity index (χ0v) is 20.4. The van der Waals surface area contributed by atoms with E-state index in [0.29, 0.717) is 12.6 Å². The van der Waals surface area contributed by atoms with Crippen molar-refractivity contribution in [2.24, 2.45) is 16.6 Å². The van der Waals surface area contributed by atoms with E-state index >= 15 is 0 Å². The summed E-state index contributed by atoms with van der Waals surface area (Å²) in [5.41, 5.74) is 11.3. The number of hydrogen-bond donors (Lipinski definition) is 2. The van der Waals surface area contributed by atoms with Gasteiger partial charge in [0.25, 0.3) is 0 Å². The van der Waals surface area contributed by atoms with Crippen LogP contribution in [0.2, 0.25) is 0 Å². The van der Waals surface area contributed by atoms with Crippen LogP contribution >= 0.6 is 0 Å². The number of nitrogens with zero attached hydrogens (tertiary/aromatic N) is 1. The van der Waals surface area contributed by atoms with Gasteiger partial charge < -0.3 is 5.73 Å². The molecule has 1 rings (SSSR count). The van der Waals surface area contributed by atoms with Crippen LogP contribution in [0.3, 0.4) is 0 Å². The van der Waals surface area contributed by atoms with Crippen LogP contribution in [0.15, 0.2) is 115 Å². The Morgan fingerprint density at radius 3 is 2.39 bits per heavy atom. The molecule has 0 fully saturated rings. The zero-order chi connectivity index (χ0) is 24.5.